The number of fused-ring (bicyclic) bond motifs is 2. The topological polar surface area (TPSA) is 3.24 Å². The fraction of sp³-hybridized carbons (Fsp3) is 0. The number of hydrogen-bond acceptors (Lipinski definition) is 1. The van der Waals surface area contributed by atoms with Crippen molar-refractivity contribution in [1.29, 1.82) is 0 Å². The molecule has 0 atom stereocenters. The van der Waals surface area contributed by atoms with E-state index in [1.54, 1.807) is 0 Å². The summed E-state index contributed by atoms with van der Waals surface area (Å²) in [7, 11) is 0. The summed E-state index contributed by atoms with van der Waals surface area (Å²) in [5.74, 6) is 0. The number of rotatable bonds is 7. The lowest BCUT2D eigenvalue weighted by Crippen LogP contribution is -2.12. The van der Waals surface area contributed by atoms with Gasteiger partial charge in [-0.2, -0.15) is 0 Å². The van der Waals surface area contributed by atoms with Crippen molar-refractivity contribution in [3.05, 3.63) is 212 Å². The average molecular weight is 650 g/mol. The Morgan fingerprint density at radius 2 is 0.765 bits per heavy atom. The summed E-state index contributed by atoms with van der Waals surface area (Å²) < 4.78 is 0. The molecule has 0 heterocycles. The molecule has 240 valence electrons. The van der Waals surface area contributed by atoms with Crippen LogP contribution in [0.3, 0.4) is 0 Å². The fourth-order valence-corrected chi connectivity index (χ4v) is 7.33. The van der Waals surface area contributed by atoms with Gasteiger partial charge in [-0.05, 0) is 85.3 Å². The van der Waals surface area contributed by atoms with Gasteiger partial charge < -0.3 is 4.90 Å². The molecule has 9 aromatic rings. The van der Waals surface area contributed by atoms with Gasteiger partial charge in [0.2, 0.25) is 0 Å². The third-order valence-corrected chi connectivity index (χ3v) is 9.86. The van der Waals surface area contributed by atoms with Crippen LogP contribution in [0.1, 0.15) is 0 Å². The zero-order valence-corrected chi connectivity index (χ0v) is 28.2. The summed E-state index contributed by atoms with van der Waals surface area (Å²) in [6, 6.07) is 76.8. The molecule has 1 nitrogen and oxygen atoms in total. The first-order chi connectivity index (χ1) is 25.3. The summed E-state index contributed by atoms with van der Waals surface area (Å²) >= 11 is 0. The van der Waals surface area contributed by atoms with Gasteiger partial charge in [-0.1, -0.05) is 182 Å². The Balaban J connectivity index is 1.28. The van der Waals surface area contributed by atoms with E-state index >= 15 is 0 Å². The zero-order chi connectivity index (χ0) is 34.0. The van der Waals surface area contributed by atoms with E-state index in [9.17, 15) is 0 Å². The number of benzene rings is 9. The smallest absolute Gasteiger partial charge is 0.0546 e. The first-order valence-electron chi connectivity index (χ1n) is 17.5. The van der Waals surface area contributed by atoms with Crippen LogP contribution in [0.4, 0.5) is 17.1 Å². The molecular weight excluding hydrogens is 615 g/mol. The van der Waals surface area contributed by atoms with Crippen LogP contribution >= 0.6 is 0 Å². The Labute approximate surface area is 299 Å². The number of anilines is 3. The quantitative estimate of drug-likeness (QED) is 0.166. The van der Waals surface area contributed by atoms with E-state index in [-0.39, 0.29) is 0 Å². The molecule has 0 radical (unpaired) electrons. The zero-order valence-electron chi connectivity index (χ0n) is 28.2. The van der Waals surface area contributed by atoms with Crippen molar-refractivity contribution >= 4 is 38.6 Å². The molecule has 0 unspecified atom stereocenters. The highest BCUT2D eigenvalue weighted by Crippen LogP contribution is 2.46. The van der Waals surface area contributed by atoms with Gasteiger partial charge in [0.15, 0.2) is 0 Å². The Hall–Kier alpha value is -6.70. The molecule has 0 spiro atoms. The maximum absolute atomic E-state index is 2.45. The Kier molecular flexibility index (Phi) is 7.92. The molecular formula is C50H35N. The molecule has 0 fully saturated rings. The van der Waals surface area contributed by atoms with Crippen molar-refractivity contribution in [2.75, 3.05) is 4.90 Å². The van der Waals surface area contributed by atoms with Gasteiger partial charge in [0, 0.05) is 16.8 Å². The predicted molar refractivity (Wildman–Crippen MR) is 218 cm³/mol. The second-order valence-electron chi connectivity index (χ2n) is 13.0. The van der Waals surface area contributed by atoms with Gasteiger partial charge in [-0.15, -0.1) is 0 Å². The largest absolute Gasteiger partial charge is 0.309 e. The fourth-order valence-electron chi connectivity index (χ4n) is 7.33. The minimum absolute atomic E-state index is 1.09. The first-order valence-corrected chi connectivity index (χ1v) is 17.5. The minimum Gasteiger partial charge on any atom is -0.309 e. The Morgan fingerprint density at radius 3 is 1.53 bits per heavy atom. The van der Waals surface area contributed by atoms with E-state index in [2.05, 4.69) is 217 Å². The van der Waals surface area contributed by atoms with Crippen molar-refractivity contribution in [2.45, 2.75) is 0 Å². The van der Waals surface area contributed by atoms with Crippen LogP contribution in [0, 0.1) is 0 Å². The van der Waals surface area contributed by atoms with Gasteiger partial charge in [0.05, 0.1) is 11.4 Å². The lowest BCUT2D eigenvalue weighted by Gasteiger charge is -2.30. The van der Waals surface area contributed by atoms with Crippen LogP contribution < -0.4 is 4.90 Å². The lowest BCUT2D eigenvalue weighted by atomic mass is 9.94. The third-order valence-electron chi connectivity index (χ3n) is 9.86. The summed E-state index contributed by atoms with van der Waals surface area (Å²) in [6.45, 7) is 0. The third kappa shape index (κ3) is 5.86. The Morgan fingerprint density at radius 1 is 0.255 bits per heavy atom. The van der Waals surface area contributed by atoms with Crippen molar-refractivity contribution in [3.8, 4) is 44.5 Å². The van der Waals surface area contributed by atoms with Crippen LogP contribution in [0.5, 0.6) is 0 Å². The van der Waals surface area contributed by atoms with E-state index in [1.807, 2.05) is 0 Å². The van der Waals surface area contributed by atoms with E-state index in [4.69, 9.17) is 0 Å². The van der Waals surface area contributed by atoms with Gasteiger partial charge in [0.25, 0.3) is 0 Å². The van der Waals surface area contributed by atoms with E-state index in [0.717, 1.165) is 17.1 Å². The molecule has 0 amide bonds. The molecule has 0 N–H and O–H groups in total. The van der Waals surface area contributed by atoms with Crippen LogP contribution in [0.15, 0.2) is 212 Å². The Bertz CT molecular complexity index is 2620. The summed E-state index contributed by atoms with van der Waals surface area (Å²) in [6.07, 6.45) is 0. The molecule has 9 aromatic carbocycles. The molecule has 0 aliphatic rings. The van der Waals surface area contributed by atoms with Gasteiger partial charge in [0.1, 0.15) is 0 Å². The molecule has 0 saturated carbocycles. The molecule has 0 aliphatic heterocycles. The first kappa shape index (κ1) is 30.4. The van der Waals surface area contributed by atoms with E-state index < -0.39 is 0 Å². The number of para-hydroxylation sites is 1. The van der Waals surface area contributed by atoms with Crippen molar-refractivity contribution in [2.24, 2.45) is 0 Å². The standard InChI is InChI=1S/C50H35N/c1-3-15-38(16-4-1)47-23-11-12-25-49(47)51(44-31-28-40(29-32-44)46-24-13-21-37-19-9-10-22-45(37)46)50-35-43(30-33-48(50)39-17-5-2-6-18-39)42-27-26-36-14-7-8-20-41(36)34-42/h1-35H. The van der Waals surface area contributed by atoms with Crippen LogP contribution in [0.25, 0.3) is 66.1 Å². The summed E-state index contributed by atoms with van der Waals surface area (Å²) in [5, 5.41) is 4.98. The van der Waals surface area contributed by atoms with Crippen molar-refractivity contribution < 1.29 is 0 Å². The van der Waals surface area contributed by atoms with Crippen LogP contribution in [-0.2, 0) is 0 Å². The monoisotopic (exact) mass is 649 g/mol. The highest BCUT2D eigenvalue weighted by Gasteiger charge is 2.21. The molecule has 1 heteroatoms. The van der Waals surface area contributed by atoms with Gasteiger partial charge >= 0.3 is 0 Å². The molecule has 9 rings (SSSR count). The van der Waals surface area contributed by atoms with Gasteiger partial charge in [-0.3, -0.25) is 0 Å². The molecule has 0 saturated heterocycles. The summed E-state index contributed by atoms with van der Waals surface area (Å²) in [4.78, 5) is 2.45. The van der Waals surface area contributed by atoms with Crippen LogP contribution in [0.2, 0.25) is 0 Å². The van der Waals surface area contributed by atoms with Crippen molar-refractivity contribution in [3.63, 3.8) is 0 Å². The van der Waals surface area contributed by atoms with E-state index in [0.29, 0.717) is 0 Å². The summed E-state index contributed by atoms with van der Waals surface area (Å²) in [5.41, 5.74) is 12.8. The van der Waals surface area contributed by atoms with Crippen LogP contribution in [-0.4, -0.2) is 0 Å². The minimum atomic E-state index is 1.09. The number of hydrogen-bond donors (Lipinski definition) is 0. The molecule has 0 aromatic heterocycles. The molecule has 0 aliphatic carbocycles. The van der Waals surface area contributed by atoms with Gasteiger partial charge in [-0.25, -0.2) is 0 Å². The van der Waals surface area contributed by atoms with Crippen molar-refractivity contribution in [1.82, 2.24) is 0 Å². The van der Waals surface area contributed by atoms with E-state index in [1.165, 1.54) is 66.1 Å². The SMILES string of the molecule is c1ccc(-c2ccccc2N(c2ccc(-c3cccc4ccccc34)cc2)c2cc(-c3ccc4ccccc4c3)ccc2-c2ccccc2)cc1. The average Bonchev–Trinajstić information content (AvgIpc) is 3.22. The number of nitrogens with zero attached hydrogens (tertiary/aromatic N) is 1. The highest BCUT2D eigenvalue weighted by atomic mass is 15.1. The molecule has 51 heavy (non-hydrogen) atoms. The normalized spacial score (nSPS) is 11.1. The maximum Gasteiger partial charge on any atom is 0.0546 e. The lowest BCUT2D eigenvalue weighted by molar-refractivity contribution is 1.28. The highest BCUT2D eigenvalue weighted by molar-refractivity contribution is 5.99. The maximum atomic E-state index is 2.45. The second kappa shape index (κ2) is 13.3. The predicted octanol–water partition coefficient (Wildman–Crippen LogP) is 14.1. The molecule has 0 bridgehead atoms. The second-order valence-corrected chi connectivity index (χ2v) is 13.0.